The van der Waals surface area contributed by atoms with E-state index in [0.717, 1.165) is 13.2 Å². The number of hydrogen-bond acceptors (Lipinski definition) is 2. The molecule has 1 fully saturated rings. The lowest BCUT2D eigenvalue weighted by Crippen LogP contribution is -1.79. The number of ether oxygens (including phenoxy) is 2. The lowest BCUT2D eigenvalue weighted by molar-refractivity contribution is 0.0692. The fourth-order valence-electron chi connectivity index (χ4n) is 0.397. The largest absolute Gasteiger partial charge is 0.353 e. The second-order valence-corrected chi connectivity index (χ2v) is 1.53. The molecule has 0 bridgehead atoms. The molecule has 0 spiro atoms. The van der Waals surface area contributed by atoms with Gasteiger partial charge in [-0.1, -0.05) is 12.5 Å². The van der Waals surface area contributed by atoms with Gasteiger partial charge in [-0.2, -0.15) is 0 Å². The monoisotopic (exact) mass is 140 g/mol. The summed E-state index contributed by atoms with van der Waals surface area (Å²) in [5, 5.41) is 0. The molecule has 56 valence electrons. The van der Waals surface area contributed by atoms with Crippen LogP contribution in [0.3, 0.4) is 0 Å². The lowest BCUT2D eigenvalue weighted by atomic mass is 10.6. The summed E-state index contributed by atoms with van der Waals surface area (Å²) in [6.07, 6.45) is 1.57. The van der Waals surface area contributed by atoms with Crippen molar-refractivity contribution in [2.45, 2.75) is 6.92 Å². The normalized spacial score (nSPS) is 14.1. The van der Waals surface area contributed by atoms with E-state index in [0.29, 0.717) is 6.79 Å². The molecule has 0 aromatic carbocycles. The van der Waals surface area contributed by atoms with Crippen LogP contribution in [0.5, 0.6) is 0 Å². The maximum Gasteiger partial charge on any atom is 0.146 e. The van der Waals surface area contributed by atoms with Crippen molar-refractivity contribution in [1.29, 1.82) is 0 Å². The van der Waals surface area contributed by atoms with Gasteiger partial charge in [0, 0.05) is 0 Å². The van der Waals surface area contributed by atoms with Gasteiger partial charge in [0.25, 0.3) is 0 Å². The molecule has 2 nitrogen and oxygen atoms in total. The molecule has 0 aromatic rings. The summed E-state index contributed by atoms with van der Waals surface area (Å²) in [5.41, 5.74) is 0. The Morgan fingerprint density at radius 2 is 2.00 bits per heavy atom. The van der Waals surface area contributed by atoms with Gasteiger partial charge >= 0.3 is 0 Å². The minimum Gasteiger partial charge on any atom is -0.353 e. The lowest BCUT2D eigenvalue weighted by Gasteiger charge is -1.76. The molecule has 1 saturated heterocycles. The van der Waals surface area contributed by atoms with Gasteiger partial charge in [0.15, 0.2) is 0 Å². The van der Waals surface area contributed by atoms with Gasteiger partial charge in [-0.15, -0.1) is 5.92 Å². The molecule has 0 aromatic heterocycles. The quantitative estimate of drug-likeness (QED) is 0.470. The number of rotatable bonds is 0. The first kappa shape index (κ1) is 9.22. The van der Waals surface area contributed by atoms with Gasteiger partial charge in [0.1, 0.15) is 6.79 Å². The topological polar surface area (TPSA) is 18.5 Å². The van der Waals surface area contributed by atoms with Crippen molar-refractivity contribution in [3.8, 4) is 11.8 Å². The van der Waals surface area contributed by atoms with Crippen LogP contribution < -0.4 is 0 Å². The van der Waals surface area contributed by atoms with Crippen LogP contribution in [-0.2, 0) is 9.47 Å². The van der Waals surface area contributed by atoms with Crippen molar-refractivity contribution in [2.75, 3.05) is 20.0 Å². The van der Waals surface area contributed by atoms with E-state index in [-0.39, 0.29) is 0 Å². The van der Waals surface area contributed by atoms with Gasteiger partial charge in [0.05, 0.1) is 13.2 Å². The van der Waals surface area contributed by atoms with E-state index in [4.69, 9.17) is 9.47 Å². The highest BCUT2D eigenvalue weighted by atomic mass is 16.7. The van der Waals surface area contributed by atoms with Crippen LogP contribution in [0.2, 0.25) is 0 Å². The molecular formula is C8H12O2. The zero-order chi connectivity index (χ0) is 7.66. The molecule has 0 radical (unpaired) electrons. The summed E-state index contributed by atoms with van der Waals surface area (Å²) in [6.45, 7) is 7.21. The first-order chi connectivity index (χ1) is 4.91. The maximum atomic E-state index is 4.72. The minimum atomic E-state index is 0.500. The van der Waals surface area contributed by atoms with Crippen molar-refractivity contribution in [3.05, 3.63) is 12.7 Å². The van der Waals surface area contributed by atoms with Gasteiger partial charge in [-0.3, -0.25) is 0 Å². The summed E-state index contributed by atoms with van der Waals surface area (Å²) in [4.78, 5) is 0. The van der Waals surface area contributed by atoms with Crippen molar-refractivity contribution in [1.82, 2.24) is 0 Å². The van der Waals surface area contributed by atoms with E-state index in [1.807, 2.05) is 0 Å². The molecule has 0 unspecified atom stereocenters. The van der Waals surface area contributed by atoms with Crippen molar-refractivity contribution >= 4 is 0 Å². The van der Waals surface area contributed by atoms with Crippen molar-refractivity contribution < 1.29 is 9.47 Å². The smallest absolute Gasteiger partial charge is 0.146 e. The predicted octanol–water partition coefficient (Wildman–Crippen LogP) is 1.19. The van der Waals surface area contributed by atoms with E-state index < -0.39 is 0 Å². The average molecular weight is 140 g/mol. The molecule has 1 heterocycles. The first-order valence-corrected chi connectivity index (χ1v) is 3.10. The Kier molecular flexibility index (Phi) is 7.58. The molecule has 2 heteroatoms. The van der Waals surface area contributed by atoms with Crippen LogP contribution in [0.1, 0.15) is 6.92 Å². The fourth-order valence-corrected chi connectivity index (χ4v) is 0.397. The van der Waals surface area contributed by atoms with Crippen LogP contribution in [0.4, 0.5) is 0 Å². The van der Waals surface area contributed by atoms with E-state index in [1.165, 1.54) is 0 Å². The van der Waals surface area contributed by atoms with Crippen LogP contribution >= 0.6 is 0 Å². The third-order valence-corrected chi connectivity index (χ3v) is 0.785. The molecule has 1 aliphatic heterocycles. The van der Waals surface area contributed by atoms with E-state index in [9.17, 15) is 0 Å². The van der Waals surface area contributed by atoms with Crippen LogP contribution in [0.25, 0.3) is 0 Å². The Bertz CT molecular complexity index is 118. The fraction of sp³-hybridized carbons (Fsp3) is 0.500. The summed E-state index contributed by atoms with van der Waals surface area (Å²) < 4.78 is 9.44. The third kappa shape index (κ3) is 7.22. The van der Waals surface area contributed by atoms with Gasteiger partial charge in [-0.05, 0) is 13.0 Å². The average Bonchev–Trinajstić information content (AvgIpc) is 2.44. The highest BCUT2D eigenvalue weighted by Gasteiger charge is 1.93. The standard InChI is InChI=1S/C5H6.C3H6O2/c1-3-5-4-2;1-2-5-3-4-1/h3H,1H2,2H3;1-3H2. The Labute approximate surface area is 61.8 Å². The summed E-state index contributed by atoms with van der Waals surface area (Å²) in [6, 6.07) is 0. The maximum absolute atomic E-state index is 4.72. The zero-order valence-electron chi connectivity index (χ0n) is 6.22. The van der Waals surface area contributed by atoms with E-state index in [2.05, 4.69) is 18.4 Å². The Hall–Kier alpha value is -0.780. The first-order valence-electron chi connectivity index (χ1n) is 3.10. The van der Waals surface area contributed by atoms with Crippen molar-refractivity contribution in [2.24, 2.45) is 0 Å². The highest BCUT2D eigenvalue weighted by molar-refractivity contribution is 5.09. The second-order valence-electron chi connectivity index (χ2n) is 1.53. The molecular weight excluding hydrogens is 128 g/mol. The summed E-state index contributed by atoms with van der Waals surface area (Å²) >= 11 is 0. The van der Waals surface area contributed by atoms with Crippen molar-refractivity contribution in [3.63, 3.8) is 0 Å². The summed E-state index contributed by atoms with van der Waals surface area (Å²) in [5.74, 6) is 5.27. The molecule has 0 saturated carbocycles. The van der Waals surface area contributed by atoms with Crippen LogP contribution in [0.15, 0.2) is 12.7 Å². The number of allylic oxidation sites excluding steroid dienone is 1. The van der Waals surface area contributed by atoms with Gasteiger partial charge in [0.2, 0.25) is 0 Å². The molecule has 10 heavy (non-hydrogen) atoms. The van der Waals surface area contributed by atoms with E-state index in [1.54, 1.807) is 13.0 Å². The zero-order valence-corrected chi connectivity index (χ0v) is 6.22. The SMILES string of the molecule is C1COCO1.C=CC#CC. The molecule has 1 aliphatic rings. The Morgan fingerprint density at radius 3 is 2.10 bits per heavy atom. The third-order valence-electron chi connectivity index (χ3n) is 0.785. The van der Waals surface area contributed by atoms with Crippen LogP contribution in [-0.4, -0.2) is 20.0 Å². The van der Waals surface area contributed by atoms with Crippen LogP contribution in [0, 0.1) is 11.8 Å². The minimum absolute atomic E-state index is 0.500. The Balaban J connectivity index is 0.000000162. The highest BCUT2D eigenvalue weighted by Crippen LogP contribution is 1.85. The molecule has 1 rings (SSSR count). The predicted molar refractivity (Wildman–Crippen MR) is 40.4 cm³/mol. The molecule has 0 atom stereocenters. The van der Waals surface area contributed by atoms with Gasteiger partial charge < -0.3 is 9.47 Å². The second kappa shape index (κ2) is 8.22. The summed E-state index contributed by atoms with van der Waals surface area (Å²) in [7, 11) is 0. The van der Waals surface area contributed by atoms with Gasteiger partial charge in [-0.25, -0.2) is 0 Å². The molecule has 0 amide bonds. The number of hydrogen-bond donors (Lipinski definition) is 0. The van der Waals surface area contributed by atoms with E-state index >= 15 is 0 Å². The molecule has 0 aliphatic carbocycles. The Morgan fingerprint density at radius 1 is 1.40 bits per heavy atom. The molecule has 0 N–H and O–H groups in total.